The highest BCUT2D eigenvalue weighted by Gasteiger charge is 2.26. The maximum Gasteiger partial charge on any atom is 0.245 e. The van der Waals surface area contributed by atoms with E-state index < -0.39 is 5.38 Å². The third-order valence-corrected chi connectivity index (χ3v) is 4.16. The summed E-state index contributed by atoms with van der Waals surface area (Å²) in [7, 11) is 1.62. The first-order valence-corrected chi connectivity index (χ1v) is 7.12. The first-order valence-electron chi connectivity index (χ1n) is 6.68. The van der Waals surface area contributed by atoms with Crippen molar-refractivity contribution in [1.82, 2.24) is 4.90 Å². The van der Waals surface area contributed by atoms with E-state index in [1.54, 1.807) is 7.11 Å². The number of methoxy groups -OCH3 is 1. The van der Waals surface area contributed by atoms with Crippen LogP contribution in [0.4, 0.5) is 0 Å². The van der Waals surface area contributed by atoms with Gasteiger partial charge in [0.15, 0.2) is 0 Å². The number of alkyl halides is 1. The summed E-state index contributed by atoms with van der Waals surface area (Å²) in [5, 5.41) is -0.598. The highest BCUT2D eigenvalue weighted by molar-refractivity contribution is 6.30. The van der Waals surface area contributed by atoms with Crippen LogP contribution in [-0.2, 0) is 4.79 Å². The van der Waals surface area contributed by atoms with Gasteiger partial charge in [0, 0.05) is 13.1 Å². The Morgan fingerprint density at radius 2 is 1.89 bits per heavy atom. The number of nitrogens with zero attached hydrogens (tertiary/aromatic N) is 1. The van der Waals surface area contributed by atoms with Crippen molar-refractivity contribution in [3.8, 4) is 5.75 Å². The van der Waals surface area contributed by atoms with Crippen molar-refractivity contribution in [1.29, 1.82) is 0 Å². The largest absolute Gasteiger partial charge is 0.497 e. The molecule has 0 aromatic heterocycles. The molecule has 104 valence electrons. The van der Waals surface area contributed by atoms with E-state index in [0.29, 0.717) is 5.92 Å². The molecule has 19 heavy (non-hydrogen) atoms. The molecule has 1 aromatic rings. The van der Waals surface area contributed by atoms with E-state index >= 15 is 0 Å². The Kier molecular flexibility index (Phi) is 4.70. The Hall–Kier alpha value is -1.22. The molecule has 0 saturated carbocycles. The van der Waals surface area contributed by atoms with Crippen LogP contribution < -0.4 is 4.74 Å². The molecular formula is C15H20ClNO2. The third-order valence-electron chi connectivity index (χ3n) is 3.72. The molecule has 2 rings (SSSR count). The van der Waals surface area contributed by atoms with Crippen LogP contribution in [0.1, 0.15) is 30.7 Å². The number of carbonyl (C=O) groups is 1. The number of hydrogen-bond acceptors (Lipinski definition) is 2. The first kappa shape index (κ1) is 14.2. The van der Waals surface area contributed by atoms with Gasteiger partial charge in [-0.2, -0.15) is 0 Å². The molecule has 0 N–H and O–H groups in total. The molecule has 1 aliphatic heterocycles. The Labute approximate surface area is 119 Å². The van der Waals surface area contributed by atoms with Crippen molar-refractivity contribution in [2.45, 2.75) is 25.1 Å². The molecule has 1 atom stereocenters. The van der Waals surface area contributed by atoms with Gasteiger partial charge in [0.1, 0.15) is 11.1 Å². The average Bonchev–Trinajstić information content (AvgIpc) is 2.46. The van der Waals surface area contributed by atoms with Gasteiger partial charge in [0.2, 0.25) is 5.91 Å². The lowest BCUT2D eigenvalue weighted by Crippen LogP contribution is -2.39. The lowest BCUT2D eigenvalue weighted by molar-refractivity contribution is -0.132. The van der Waals surface area contributed by atoms with Crippen molar-refractivity contribution >= 4 is 17.5 Å². The minimum Gasteiger partial charge on any atom is -0.497 e. The van der Waals surface area contributed by atoms with Crippen molar-refractivity contribution < 1.29 is 9.53 Å². The van der Waals surface area contributed by atoms with Crippen molar-refractivity contribution in [2.24, 2.45) is 5.92 Å². The number of ether oxygens (including phenoxy) is 1. The second kappa shape index (κ2) is 6.29. The highest BCUT2D eigenvalue weighted by Crippen LogP contribution is 2.27. The van der Waals surface area contributed by atoms with E-state index in [4.69, 9.17) is 16.3 Å². The molecule has 1 aliphatic rings. The summed E-state index contributed by atoms with van der Waals surface area (Å²) in [4.78, 5) is 14.2. The van der Waals surface area contributed by atoms with Crippen LogP contribution in [0.3, 0.4) is 0 Å². The fourth-order valence-corrected chi connectivity index (χ4v) is 2.59. The van der Waals surface area contributed by atoms with Crippen LogP contribution in [0, 0.1) is 5.92 Å². The maximum atomic E-state index is 12.3. The topological polar surface area (TPSA) is 29.5 Å². The number of carbonyl (C=O) groups excluding carboxylic acids is 1. The van der Waals surface area contributed by atoms with Gasteiger partial charge in [0.25, 0.3) is 0 Å². The van der Waals surface area contributed by atoms with Gasteiger partial charge in [-0.15, -0.1) is 11.6 Å². The lowest BCUT2D eigenvalue weighted by atomic mass is 9.98. The molecule has 1 aromatic carbocycles. The number of hydrogen-bond donors (Lipinski definition) is 0. The molecular weight excluding hydrogens is 262 g/mol. The van der Waals surface area contributed by atoms with Crippen molar-refractivity contribution in [2.75, 3.05) is 20.2 Å². The standard InChI is InChI=1S/C15H20ClNO2/c1-11-7-9-17(10-8-11)15(18)14(16)12-3-5-13(19-2)6-4-12/h3-6,11,14H,7-10H2,1-2H3. The molecule has 0 bridgehead atoms. The van der Waals surface area contributed by atoms with Gasteiger partial charge in [-0.1, -0.05) is 19.1 Å². The number of halogens is 1. The number of likely N-dealkylation sites (tertiary alicyclic amines) is 1. The summed E-state index contributed by atoms with van der Waals surface area (Å²) >= 11 is 6.29. The van der Waals surface area contributed by atoms with Crippen LogP contribution in [0.25, 0.3) is 0 Å². The quantitative estimate of drug-likeness (QED) is 0.796. The molecule has 0 radical (unpaired) electrons. The van der Waals surface area contributed by atoms with Crippen LogP contribution in [-0.4, -0.2) is 31.0 Å². The molecule has 0 spiro atoms. The fraction of sp³-hybridized carbons (Fsp3) is 0.533. The molecule has 1 heterocycles. The first-order chi connectivity index (χ1) is 9.11. The Bertz CT molecular complexity index is 424. The van der Waals surface area contributed by atoms with Gasteiger partial charge in [-0.3, -0.25) is 4.79 Å². The lowest BCUT2D eigenvalue weighted by Gasteiger charge is -2.31. The average molecular weight is 282 g/mol. The van der Waals surface area contributed by atoms with E-state index in [1.807, 2.05) is 29.2 Å². The minimum absolute atomic E-state index is 0.0127. The van der Waals surface area contributed by atoms with Gasteiger partial charge in [-0.25, -0.2) is 0 Å². The number of rotatable bonds is 3. The zero-order valence-electron chi connectivity index (χ0n) is 11.4. The highest BCUT2D eigenvalue weighted by atomic mass is 35.5. The Morgan fingerprint density at radius 1 is 1.32 bits per heavy atom. The molecule has 1 fully saturated rings. The number of amides is 1. The summed E-state index contributed by atoms with van der Waals surface area (Å²) in [6.07, 6.45) is 2.13. The van der Waals surface area contributed by atoms with Crippen molar-refractivity contribution in [3.63, 3.8) is 0 Å². The van der Waals surface area contributed by atoms with E-state index in [9.17, 15) is 4.79 Å². The summed E-state index contributed by atoms with van der Waals surface area (Å²) in [6, 6.07) is 7.36. The van der Waals surface area contributed by atoms with Gasteiger partial charge < -0.3 is 9.64 Å². The second-order valence-electron chi connectivity index (χ2n) is 5.14. The summed E-state index contributed by atoms with van der Waals surface area (Å²) in [5.41, 5.74) is 0.825. The third kappa shape index (κ3) is 3.41. The minimum atomic E-state index is -0.598. The summed E-state index contributed by atoms with van der Waals surface area (Å²) in [5.74, 6) is 1.49. The Balaban J connectivity index is 2.01. The van der Waals surface area contributed by atoms with Crippen molar-refractivity contribution in [3.05, 3.63) is 29.8 Å². The zero-order valence-corrected chi connectivity index (χ0v) is 12.2. The molecule has 1 saturated heterocycles. The van der Waals surface area contributed by atoms with Gasteiger partial charge in [0.05, 0.1) is 7.11 Å². The molecule has 1 unspecified atom stereocenters. The summed E-state index contributed by atoms with van der Waals surface area (Å²) < 4.78 is 5.10. The summed E-state index contributed by atoms with van der Waals surface area (Å²) in [6.45, 7) is 3.86. The van der Waals surface area contributed by atoms with Gasteiger partial charge >= 0.3 is 0 Å². The fourth-order valence-electron chi connectivity index (χ4n) is 2.30. The predicted molar refractivity (Wildman–Crippen MR) is 76.6 cm³/mol. The van der Waals surface area contributed by atoms with Crippen LogP contribution in [0.5, 0.6) is 5.75 Å². The SMILES string of the molecule is COc1ccc(C(Cl)C(=O)N2CCC(C)CC2)cc1. The van der Waals surface area contributed by atoms with E-state index in [1.165, 1.54) is 0 Å². The van der Waals surface area contributed by atoms with Gasteiger partial charge in [-0.05, 0) is 36.5 Å². The van der Waals surface area contributed by atoms with E-state index in [2.05, 4.69) is 6.92 Å². The van der Waals surface area contributed by atoms with E-state index in [-0.39, 0.29) is 5.91 Å². The zero-order chi connectivity index (χ0) is 13.8. The predicted octanol–water partition coefficient (Wildman–Crippen LogP) is 3.23. The molecule has 3 nitrogen and oxygen atoms in total. The smallest absolute Gasteiger partial charge is 0.245 e. The monoisotopic (exact) mass is 281 g/mol. The van der Waals surface area contributed by atoms with E-state index in [0.717, 1.165) is 37.2 Å². The number of benzene rings is 1. The van der Waals surface area contributed by atoms with Crippen LogP contribution in [0.15, 0.2) is 24.3 Å². The Morgan fingerprint density at radius 3 is 2.42 bits per heavy atom. The number of piperidine rings is 1. The molecule has 4 heteroatoms. The molecule has 1 amide bonds. The normalized spacial score (nSPS) is 18.2. The second-order valence-corrected chi connectivity index (χ2v) is 5.58. The van der Waals surface area contributed by atoms with Crippen LogP contribution >= 0.6 is 11.6 Å². The van der Waals surface area contributed by atoms with Crippen LogP contribution in [0.2, 0.25) is 0 Å². The molecule has 0 aliphatic carbocycles. The maximum absolute atomic E-state index is 12.3.